The van der Waals surface area contributed by atoms with Crippen LogP contribution in [-0.4, -0.2) is 13.7 Å². The minimum absolute atomic E-state index is 0.0165. The van der Waals surface area contributed by atoms with Crippen molar-refractivity contribution in [1.82, 2.24) is 0 Å². The predicted octanol–water partition coefficient (Wildman–Crippen LogP) is 3.28. The smallest absolute Gasteiger partial charge is 0.161 e. The van der Waals surface area contributed by atoms with Gasteiger partial charge in [0.15, 0.2) is 11.5 Å². The van der Waals surface area contributed by atoms with E-state index in [1.807, 2.05) is 25.1 Å². The first kappa shape index (κ1) is 13.2. The molecule has 0 amide bonds. The molecule has 1 aliphatic rings. The number of ether oxygens (including phenoxy) is 2. The van der Waals surface area contributed by atoms with Crippen molar-refractivity contribution in [3.05, 3.63) is 23.8 Å². The molecule has 0 unspecified atom stereocenters. The normalized spacial score (nSPS) is 17.7. The molecule has 18 heavy (non-hydrogen) atoms. The van der Waals surface area contributed by atoms with E-state index in [4.69, 9.17) is 15.2 Å². The van der Waals surface area contributed by atoms with Gasteiger partial charge < -0.3 is 15.2 Å². The van der Waals surface area contributed by atoms with Crippen LogP contribution in [0.25, 0.3) is 0 Å². The zero-order valence-electron chi connectivity index (χ0n) is 11.3. The van der Waals surface area contributed by atoms with Crippen LogP contribution in [0.5, 0.6) is 11.5 Å². The van der Waals surface area contributed by atoms with E-state index in [0.29, 0.717) is 5.92 Å². The van der Waals surface area contributed by atoms with Gasteiger partial charge in [0.2, 0.25) is 0 Å². The highest BCUT2D eigenvalue weighted by Crippen LogP contribution is 2.32. The van der Waals surface area contributed by atoms with E-state index in [1.54, 1.807) is 7.11 Å². The number of rotatable bonds is 5. The van der Waals surface area contributed by atoms with E-state index in [2.05, 4.69) is 0 Å². The quantitative estimate of drug-likeness (QED) is 0.871. The van der Waals surface area contributed by atoms with Gasteiger partial charge >= 0.3 is 0 Å². The van der Waals surface area contributed by atoms with Crippen molar-refractivity contribution < 1.29 is 9.47 Å². The van der Waals surface area contributed by atoms with Gasteiger partial charge in [0.25, 0.3) is 0 Å². The Balaban J connectivity index is 2.02. The second-order valence-corrected chi connectivity index (χ2v) is 5.16. The molecule has 1 aliphatic carbocycles. The third-order valence-electron chi connectivity index (χ3n) is 3.66. The lowest BCUT2D eigenvalue weighted by molar-refractivity contribution is 0.240. The fraction of sp³-hybridized carbons (Fsp3) is 0.600. The lowest BCUT2D eigenvalue weighted by Gasteiger charge is -2.15. The van der Waals surface area contributed by atoms with Gasteiger partial charge in [-0.25, -0.2) is 0 Å². The molecule has 1 atom stereocenters. The van der Waals surface area contributed by atoms with Crippen molar-refractivity contribution >= 4 is 0 Å². The van der Waals surface area contributed by atoms with E-state index in [1.165, 1.54) is 25.7 Å². The number of methoxy groups -OCH3 is 1. The van der Waals surface area contributed by atoms with Gasteiger partial charge in [-0.15, -0.1) is 0 Å². The van der Waals surface area contributed by atoms with Crippen LogP contribution in [0, 0.1) is 5.92 Å². The summed E-state index contributed by atoms with van der Waals surface area (Å²) in [7, 11) is 1.67. The maximum absolute atomic E-state index is 5.88. The van der Waals surface area contributed by atoms with Crippen LogP contribution in [0.15, 0.2) is 18.2 Å². The van der Waals surface area contributed by atoms with Gasteiger partial charge in [-0.2, -0.15) is 0 Å². The van der Waals surface area contributed by atoms with Crippen molar-refractivity contribution in [3.63, 3.8) is 0 Å². The highest BCUT2D eigenvalue weighted by Gasteiger charge is 2.16. The summed E-state index contributed by atoms with van der Waals surface area (Å²) >= 11 is 0. The lowest BCUT2D eigenvalue weighted by atomic mass is 10.1. The third-order valence-corrected chi connectivity index (χ3v) is 3.66. The maximum atomic E-state index is 5.88. The van der Waals surface area contributed by atoms with Gasteiger partial charge in [0.05, 0.1) is 13.7 Å². The topological polar surface area (TPSA) is 44.5 Å². The number of hydrogen-bond acceptors (Lipinski definition) is 3. The summed E-state index contributed by atoms with van der Waals surface area (Å²) in [4.78, 5) is 0. The molecule has 3 heteroatoms. The molecule has 0 radical (unpaired) electrons. The third kappa shape index (κ3) is 3.16. The van der Waals surface area contributed by atoms with Crippen molar-refractivity contribution in [2.75, 3.05) is 13.7 Å². The monoisotopic (exact) mass is 249 g/mol. The van der Waals surface area contributed by atoms with Crippen LogP contribution in [-0.2, 0) is 0 Å². The van der Waals surface area contributed by atoms with Crippen LogP contribution >= 0.6 is 0 Å². The fourth-order valence-corrected chi connectivity index (χ4v) is 2.47. The van der Waals surface area contributed by atoms with Gasteiger partial charge in [-0.1, -0.05) is 18.9 Å². The molecular weight excluding hydrogens is 226 g/mol. The van der Waals surface area contributed by atoms with E-state index >= 15 is 0 Å². The molecule has 1 aromatic rings. The maximum Gasteiger partial charge on any atom is 0.161 e. The molecule has 1 aromatic carbocycles. The average Bonchev–Trinajstić information content (AvgIpc) is 2.89. The second kappa shape index (κ2) is 6.10. The largest absolute Gasteiger partial charge is 0.493 e. The molecule has 2 N–H and O–H groups in total. The molecule has 1 fully saturated rings. The minimum Gasteiger partial charge on any atom is -0.493 e. The van der Waals surface area contributed by atoms with Gasteiger partial charge in [-0.3, -0.25) is 0 Å². The van der Waals surface area contributed by atoms with Gasteiger partial charge in [0, 0.05) is 6.04 Å². The highest BCUT2D eigenvalue weighted by molar-refractivity contribution is 5.43. The summed E-state index contributed by atoms with van der Waals surface area (Å²) in [5.74, 6) is 2.32. The van der Waals surface area contributed by atoms with Gasteiger partial charge in [-0.05, 0) is 43.4 Å². The predicted molar refractivity (Wildman–Crippen MR) is 73.0 cm³/mol. The molecule has 100 valence electrons. The van der Waals surface area contributed by atoms with Crippen molar-refractivity contribution in [2.24, 2.45) is 11.7 Å². The summed E-state index contributed by atoms with van der Waals surface area (Å²) in [6.45, 7) is 2.77. The summed E-state index contributed by atoms with van der Waals surface area (Å²) in [5.41, 5.74) is 6.93. The van der Waals surface area contributed by atoms with Crippen molar-refractivity contribution in [2.45, 2.75) is 38.6 Å². The molecule has 0 bridgehead atoms. The number of nitrogens with two attached hydrogens (primary N) is 1. The zero-order valence-corrected chi connectivity index (χ0v) is 11.3. The molecular formula is C15H23NO2. The Hall–Kier alpha value is -1.22. The molecule has 0 aliphatic heterocycles. The SMILES string of the molecule is COc1cc([C@H](C)N)ccc1OCC1CCCC1. The number of benzene rings is 1. The summed E-state index contributed by atoms with van der Waals surface area (Å²) in [6.07, 6.45) is 5.27. The zero-order chi connectivity index (χ0) is 13.0. The summed E-state index contributed by atoms with van der Waals surface area (Å²) < 4.78 is 11.3. The molecule has 2 rings (SSSR count). The Morgan fingerprint density at radius 3 is 2.61 bits per heavy atom. The van der Waals surface area contributed by atoms with Crippen molar-refractivity contribution in [1.29, 1.82) is 0 Å². The molecule has 0 aromatic heterocycles. The Morgan fingerprint density at radius 1 is 1.28 bits per heavy atom. The molecule has 0 spiro atoms. The van der Waals surface area contributed by atoms with E-state index in [0.717, 1.165) is 23.7 Å². The second-order valence-electron chi connectivity index (χ2n) is 5.16. The first-order valence-corrected chi connectivity index (χ1v) is 6.77. The van der Waals surface area contributed by atoms with Crippen LogP contribution in [0.1, 0.15) is 44.2 Å². The van der Waals surface area contributed by atoms with E-state index in [-0.39, 0.29) is 6.04 Å². The molecule has 0 heterocycles. The van der Waals surface area contributed by atoms with Crippen LogP contribution in [0.2, 0.25) is 0 Å². The van der Waals surface area contributed by atoms with Crippen molar-refractivity contribution in [3.8, 4) is 11.5 Å². The van der Waals surface area contributed by atoms with E-state index < -0.39 is 0 Å². The first-order valence-electron chi connectivity index (χ1n) is 6.77. The standard InChI is InChI=1S/C15H23NO2/c1-11(16)13-7-8-14(15(9-13)17-2)18-10-12-5-3-4-6-12/h7-9,11-12H,3-6,10,16H2,1-2H3/t11-/m0/s1. The van der Waals surface area contributed by atoms with E-state index in [9.17, 15) is 0 Å². The Morgan fingerprint density at radius 2 is 2.00 bits per heavy atom. The highest BCUT2D eigenvalue weighted by atomic mass is 16.5. The minimum atomic E-state index is 0.0165. The lowest BCUT2D eigenvalue weighted by Crippen LogP contribution is -2.09. The molecule has 1 saturated carbocycles. The van der Waals surface area contributed by atoms with Gasteiger partial charge in [0.1, 0.15) is 0 Å². The fourth-order valence-electron chi connectivity index (χ4n) is 2.47. The first-order chi connectivity index (χ1) is 8.70. The Bertz CT molecular complexity index is 384. The molecule has 3 nitrogen and oxygen atoms in total. The molecule has 0 saturated heterocycles. The number of hydrogen-bond donors (Lipinski definition) is 1. The summed E-state index contributed by atoms with van der Waals surface area (Å²) in [5, 5.41) is 0. The van der Waals surface area contributed by atoms with Crippen LogP contribution in [0.4, 0.5) is 0 Å². The van der Waals surface area contributed by atoms with Crippen LogP contribution in [0.3, 0.4) is 0 Å². The summed E-state index contributed by atoms with van der Waals surface area (Å²) in [6, 6.07) is 5.96. The average molecular weight is 249 g/mol. The Kier molecular flexibility index (Phi) is 4.48. The van der Waals surface area contributed by atoms with Crippen LogP contribution < -0.4 is 15.2 Å². The Labute approximate surface area is 109 Å².